The zero-order chi connectivity index (χ0) is 8.53. The lowest BCUT2D eigenvalue weighted by atomic mass is 10.1. The fourth-order valence-electron chi connectivity index (χ4n) is 0.933. The van der Waals surface area contributed by atoms with Gasteiger partial charge >= 0.3 is 0 Å². The van der Waals surface area contributed by atoms with Crippen LogP contribution in [0.5, 0.6) is 0 Å². The van der Waals surface area contributed by atoms with Crippen molar-refractivity contribution in [2.45, 2.75) is 33.1 Å². The lowest BCUT2D eigenvalue weighted by Gasteiger charge is -2.04. The Morgan fingerprint density at radius 1 is 1.45 bits per heavy atom. The van der Waals surface area contributed by atoms with Crippen molar-refractivity contribution in [2.75, 3.05) is 13.2 Å². The van der Waals surface area contributed by atoms with Gasteiger partial charge in [0.25, 0.3) is 0 Å². The largest absolute Gasteiger partial charge is 0.382 e. The summed E-state index contributed by atoms with van der Waals surface area (Å²) in [5.74, 6) is 0.664. The predicted molar refractivity (Wildman–Crippen MR) is 49.7 cm³/mol. The Morgan fingerprint density at radius 3 is 2.73 bits per heavy atom. The van der Waals surface area contributed by atoms with Crippen molar-refractivity contribution >= 4 is 0 Å². The van der Waals surface area contributed by atoms with E-state index in [2.05, 4.69) is 13.5 Å². The molecule has 11 heavy (non-hydrogen) atoms. The molecular formula is C10H20O. The average Bonchev–Trinajstić information content (AvgIpc) is 2.04. The van der Waals surface area contributed by atoms with Gasteiger partial charge in [-0.1, -0.05) is 19.4 Å². The van der Waals surface area contributed by atoms with Gasteiger partial charge in [-0.15, -0.1) is 6.58 Å². The van der Waals surface area contributed by atoms with E-state index in [0.717, 1.165) is 13.2 Å². The molecule has 0 aliphatic carbocycles. The van der Waals surface area contributed by atoms with E-state index in [1.54, 1.807) is 0 Å². The van der Waals surface area contributed by atoms with Crippen molar-refractivity contribution in [3.05, 3.63) is 12.7 Å². The van der Waals surface area contributed by atoms with E-state index in [-0.39, 0.29) is 0 Å². The van der Waals surface area contributed by atoms with Gasteiger partial charge in [0.05, 0.1) is 0 Å². The van der Waals surface area contributed by atoms with Gasteiger partial charge in [0.15, 0.2) is 0 Å². The number of allylic oxidation sites excluding steroid dienone is 1. The molecule has 0 aromatic carbocycles. The van der Waals surface area contributed by atoms with E-state index in [0.29, 0.717) is 5.92 Å². The van der Waals surface area contributed by atoms with Gasteiger partial charge in [0.2, 0.25) is 0 Å². The normalized spacial score (nSPS) is 12.9. The standard InChI is InChI=1S/C10H20O/c1-4-10(3)8-6-7-9-11-5-2/h4,10H,1,5-9H2,2-3H3. The molecule has 0 rings (SSSR count). The van der Waals surface area contributed by atoms with Crippen molar-refractivity contribution in [3.63, 3.8) is 0 Å². The molecule has 1 unspecified atom stereocenters. The van der Waals surface area contributed by atoms with Gasteiger partial charge in [-0.2, -0.15) is 0 Å². The molecule has 0 heterocycles. The number of ether oxygens (including phenoxy) is 1. The molecule has 1 atom stereocenters. The summed E-state index contributed by atoms with van der Waals surface area (Å²) in [7, 11) is 0. The summed E-state index contributed by atoms with van der Waals surface area (Å²) < 4.78 is 5.22. The summed E-state index contributed by atoms with van der Waals surface area (Å²) in [6.45, 7) is 9.74. The van der Waals surface area contributed by atoms with Crippen molar-refractivity contribution in [3.8, 4) is 0 Å². The Kier molecular flexibility index (Phi) is 7.59. The topological polar surface area (TPSA) is 9.23 Å². The Hall–Kier alpha value is -0.300. The third-order valence-electron chi connectivity index (χ3n) is 1.80. The van der Waals surface area contributed by atoms with Gasteiger partial charge in [0.1, 0.15) is 0 Å². The molecule has 0 aliphatic rings. The molecule has 1 heteroatoms. The lowest BCUT2D eigenvalue weighted by Crippen LogP contribution is -1.95. The van der Waals surface area contributed by atoms with Crippen LogP contribution < -0.4 is 0 Å². The van der Waals surface area contributed by atoms with Crippen molar-refractivity contribution in [2.24, 2.45) is 5.92 Å². The van der Waals surface area contributed by atoms with Crippen LogP contribution in [0.1, 0.15) is 33.1 Å². The first-order valence-corrected chi connectivity index (χ1v) is 4.51. The molecule has 66 valence electrons. The van der Waals surface area contributed by atoms with Gasteiger partial charge in [0, 0.05) is 13.2 Å². The van der Waals surface area contributed by atoms with Crippen LogP contribution in [0.2, 0.25) is 0 Å². The van der Waals surface area contributed by atoms with Crippen molar-refractivity contribution in [1.82, 2.24) is 0 Å². The first-order chi connectivity index (χ1) is 5.31. The van der Waals surface area contributed by atoms with E-state index >= 15 is 0 Å². The highest BCUT2D eigenvalue weighted by atomic mass is 16.5. The van der Waals surface area contributed by atoms with Gasteiger partial charge < -0.3 is 4.74 Å². The van der Waals surface area contributed by atoms with E-state index in [1.165, 1.54) is 19.3 Å². The highest BCUT2D eigenvalue weighted by Crippen LogP contribution is 2.07. The van der Waals surface area contributed by atoms with Gasteiger partial charge in [-0.25, -0.2) is 0 Å². The average molecular weight is 156 g/mol. The smallest absolute Gasteiger partial charge is 0.0465 e. The minimum Gasteiger partial charge on any atom is -0.382 e. The van der Waals surface area contributed by atoms with Crippen LogP contribution in [-0.4, -0.2) is 13.2 Å². The molecule has 0 saturated heterocycles. The number of hydrogen-bond donors (Lipinski definition) is 0. The van der Waals surface area contributed by atoms with Crippen LogP contribution in [0.25, 0.3) is 0 Å². The molecule has 0 fully saturated rings. The maximum absolute atomic E-state index is 5.22. The third-order valence-corrected chi connectivity index (χ3v) is 1.80. The molecule has 0 amide bonds. The molecule has 0 aromatic rings. The Morgan fingerprint density at radius 2 is 2.18 bits per heavy atom. The SMILES string of the molecule is C=CC(C)CCCCOCC. The van der Waals surface area contributed by atoms with Crippen LogP contribution in [-0.2, 0) is 4.74 Å². The van der Waals surface area contributed by atoms with Crippen LogP contribution in [0.4, 0.5) is 0 Å². The Labute approximate surface area is 70.4 Å². The van der Waals surface area contributed by atoms with E-state index in [1.807, 2.05) is 13.0 Å². The zero-order valence-electron chi connectivity index (χ0n) is 7.81. The molecule has 0 aliphatic heterocycles. The summed E-state index contributed by atoms with van der Waals surface area (Å²) in [5.41, 5.74) is 0. The van der Waals surface area contributed by atoms with Crippen LogP contribution in [0.15, 0.2) is 12.7 Å². The Balaban J connectivity index is 2.95. The van der Waals surface area contributed by atoms with Gasteiger partial charge in [-0.3, -0.25) is 0 Å². The second-order valence-corrected chi connectivity index (χ2v) is 2.91. The zero-order valence-corrected chi connectivity index (χ0v) is 7.81. The van der Waals surface area contributed by atoms with Crippen molar-refractivity contribution in [1.29, 1.82) is 0 Å². The minimum atomic E-state index is 0.664. The summed E-state index contributed by atoms with van der Waals surface area (Å²) in [5, 5.41) is 0. The Bertz CT molecular complexity index is 88.9. The molecule has 1 nitrogen and oxygen atoms in total. The van der Waals surface area contributed by atoms with E-state index in [4.69, 9.17) is 4.74 Å². The maximum atomic E-state index is 5.22. The third kappa shape index (κ3) is 7.60. The summed E-state index contributed by atoms with van der Waals surface area (Å²) in [4.78, 5) is 0. The first-order valence-electron chi connectivity index (χ1n) is 4.51. The van der Waals surface area contributed by atoms with Crippen LogP contribution >= 0.6 is 0 Å². The highest BCUT2D eigenvalue weighted by molar-refractivity contribution is 4.74. The van der Waals surface area contributed by atoms with Crippen molar-refractivity contribution < 1.29 is 4.74 Å². The molecule has 0 N–H and O–H groups in total. The molecular weight excluding hydrogens is 136 g/mol. The maximum Gasteiger partial charge on any atom is 0.0465 e. The molecule has 0 radical (unpaired) electrons. The number of unbranched alkanes of at least 4 members (excludes halogenated alkanes) is 1. The van der Waals surface area contributed by atoms with E-state index < -0.39 is 0 Å². The quantitative estimate of drug-likeness (QED) is 0.406. The molecule has 0 aromatic heterocycles. The molecule has 0 saturated carbocycles. The lowest BCUT2D eigenvalue weighted by molar-refractivity contribution is 0.142. The highest BCUT2D eigenvalue weighted by Gasteiger charge is 1.94. The molecule has 0 bridgehead atoms. The fourth-order valence-corrected chi connectivity index (χ4v) is 0.933. The second-order valence-electron chi connectivity index (χ2n) is 2.91. The molecule has 0 spiro atoms. The van der Waals surface area contributed by atoms with Crippen LogP contribution in [0.3, 0.4) is 0 Å². The fraction of sp³-hybridized carbons (Fsp3) is 0.800. The summed E-state index contributed by atoms with van der Waals surface area (Å²) in [6.07, 6.45) is 5.70. The second kappa shape index (κ2) is 7.80. The summed E-state index contributed by atoms with van der Waals surface area (Å²) >= 11 is 0. The first kappa shape index (κ1) is 10.7. The predicted octanol–water partition coefficient (Wildman–Crippen LogP) is 3.02. The number of rotatable bonds is 7. The van der Waals surface area contributed by atoms with Gasteiger partial charge in [-0.05, 0) is 25.7 Å². The van der Waals surface area contributed by atoms with Crippen LogP contribution in [0, 0.1) is 5.92 Å². The monoisotopic (exact) mass is 156 g/mol. The van der Waals surface area contributed by atoms with E-state index in [9.17, 15) is 0 Å². The number of hydrogen-bond acceptors (Lipinski definition) is 1. The minimum absolute atomic E-state index is 0.664. The summed E-state index contributed by atoms with van der Waals surface area (Å²) in [6, 6.07) is 0.